The molecule has 0 rings (SSSR count). The van der Waals surface area contributed by atoms with Gasteiger partial charge in [-0.1, -0.05) is 0 Å². The molecule has 0 aliphatic rings. The van der Waals surface area contributed by atoms with Crippen molar-refractivity contribution in [1.82, 2.24) is 0 Å². The highest BCUT2D eigenvalue weighted by Crippen LogP contribution is 2.60. The van der Waals surface area contributed by atoms with E-state index in [1.165, 1.54) is 0 Å². The summed E-state index contributed by atoms with van der Waals surface area (Å²) in [4.78, 5) is 0. The van der Waals surface area contributed by atoms with E-state index in [-0.39, 0.29) is 37.4 Å². The molecule has 0 fully saturated rings. The second kappa shape index (κ2) is 12.0. The summed E-state index contributed by atoms with van der Waals surface area (Å²) in [6, 6.07) is 0. The van der Waals surface area contributed by atoms with Crippen LogP contribution in [-0.2, 0) is 36.1 Å². The number of hydrogen-bond donors (Lipinski definition) is 0. The molecule has 0 bridgehead atoms. The Bertz CT molecular complexity index is 602. The Morgan fingerprint density at radius 2 is 0.862 bits per heavy atom. The van der Waals surface area contributed by atoms with Crippen molar-refractivity contribution < 1.29 is 36.1 Å². The van der Waals surface area contributed by atoms with E-state index in [1.54, 1.807) is 27.7 Å². The van der Waals surface area contributed by atoms with Gasteiger partial charge in [0.25, 0.3) is 0 Å². The SMILES string of the molecule is CCOP(=O)(OCC)C(=C=C(O[Si](C)(C)C)P(=O)(OCC)OCC)O[Si](C)(C)C. The van der Waals surface area contributed by atoms with Gasteiger partial charge in [0.2, 0.25) is 27.6 Å². The molecule has 0 aromatic heterocycles. The molecule has 0 saturated heterocycles. The zero-order valence-corrected chi connectivity index (χ0v) is 23.3. The predicted molar refractivity (Wildman–Crippen MR) is 121 cm³/mol. The molecule has 8 nitrogen and oxygen atoms in total. The van der Waals surface area contributed by atoms with E-state index in [0.717, 1.165) is 0 Å². The Balaban J connectivity index is 7.04. The molecular formula is C17H38O8P2Si2. The van der Waals surface area contributed by atoms with E-state index < -0.39 is 31.8 Å². The first-order valence-electron chi connectivity index (χ1n) is 9.84. The zero-order chi connectivity index (χ0) is 22.9. The van der Waals surface area contributed by atoms with E-state index >= 15 is 0 Å². The molecule has 12 heteroatoms. The van der Waals surface area contributed by atoms with Crippen LogP contribution in [0.1, 0.15) is 27.7 Å². The van der Waals surface area contributed by atoms with Crippen LogP contribution in [0.4, 0.5) is 0 Å². The van der Waals surface area contributed by atoms with Crippen LogP contribution in [0, 0.1) is 0 Å². The normalized spacial score (nSPS) is 13.0. The van der Waals surface area contributed by atoms with Crippen molar-refractivity contribution >= 4 is 31.8 Å². The summed E-state index contributed by atoms with van der Waals surface area (Å²) in [5, 5.41) is 0. The van der Waals surface area contributed by atoms with Crippen molar-refractivity contribution in [2.45, 2.75) is 67.0 Å². The van der Waals surface area contributed by atoms with Gasteiger partial charge < -0.3 is 26.9 Å². The van der Waals surface area contributed by atoms with Crippen molar-refractivity contribution in [2.75, 3.05) is 26.4 Å². The van der Waals surface area contributed by atoms with Crippen LogP contribution in [0.3, 0.4) is 0 Å². The average molecular weight is 489 g/mol. The van der Waals surface area contributed by atoms with Crippen LogP contribution in [0.25, 0.3) is 0 Å². The molecule has 0 aromatic rings. The van der Waals surface area contributed by atoms with E-state index in [2.05, 4.69) is 5.73 Å². The average Bonchev–Trinajstić information content (AvgIpc) is 2.52. The Kier molecular flexibility index (Phi) is 12.0. The molecule has 0 radical (unpaired) electrons. The van der Waals surface area contributed by atoms with Crippen LogP contribution < -0.4 is 0 Å². The molecule has 0 saturated carbocycles. The lowest BCUT2D eigenvalue weighted by molar-refractivity contribution is 0.210. The third-order valence-electron chi connectivity index (χ3n) is 2.71. The van der Waals surface area contributed by atoms with Crippen LogP contribution in [0.5, 0.6) is 0 Å². The topological polar surface area (TPSA) is 89.5 Å². The minimum Gasteiger partial charge on any atom is -0.533 e. The lowest BCUT2D eigenvalue weighted by Crippen LogP contribution is -2.26. The standard InChI is InChI=1S/C17H38O8P2Si2/c1-11-20-26(18,21-12-2)16(24-28(5,6)7)15-17(25-29(8,9)10)27(19,22-13-3)23-14-4/h11-14H2,1-10H3. The minimum absolute atomic E-state index is 0.135. The van der Waals surface area contributed by atoms with Crippen molar-refractivity contribution in [3.63, 3.8) is 0 Å². The largest absolute Gasteiger partial charge is 0.533 e. The summed E-state index contributed by atoms with van der Waals surface area (Å²) in [6.07, 6.45) is 0. The molecule has 29 heavy (non-hydrogen) atoms. The van der Waals surface area contributed by atoms with Gasteiger partial charge in [0, 0.05) is 0 Å². The highest BCUT2D eigenvalue weighted by atomic mass is 31.2. The number of rotatable bonds is 14. The third kappa shape index (κ3) is 10.6. The van der Waals surface area contributed by atoms with Crippen LogP contribution in [0.2, 0.25) is 39.3 Å². The highest BCUT2D eigenvalue weighted by molar-refractivity contribution is 7.59. The number of hydrogen-bond acceptors (Lipinski definition) is 8. The molecule has 0 heterocycles. The zero-order valence-electron chi connectivity index (χ0n) is 19.5. The highest BCUT2D eigenvalue weighted by Gasteiger charge is 2.40. The maximum atomic E-state index is 13.5. The lowest BCUT2D eigenvalue weighted by atomic mass is 10.9. The molecule has 172 valence electrons. The molecule has 0 aliphatic heterocycles. The Morgan fingerprint density at radius 3 is 1.03 bits per heavy atom. The van der Waals surface area contributed by atoms with Crippen molar-refractivity contribution in [3.05, 3.63) is 16.7 Å². The van der Waals surface area contributed by atoms with Gasteiger partial charge in [0.05, 0.1) is 26.4 Å². The Labute approximate surface area is 178 Å². The fourth-order valence-electron chi connectivity index (χ4n) is 1.96. The van der Waals surface area contributed by atoms with Gasteiger partial charge >= 0.3 is 15.2 Å². The smallest absolute Gasteiger partial charge is 0.402 e. The molecule has 0 N–H and O–H groups in total. The molecule has 0 atom stereocenters. The van der Waals surface area contributed by atoms with Gasteiger partial charge in [0.1, 0.15) is 0 Å². The van der Waals surface area contributed by atoms with E-state index in [1.807, 2.05) is 39.3 Å². The summed E-state index contributed by atoms with van der Waals surface area (Å²) in [5.41, 5.74) is 2.50. The van der Waals surface area contributed by atoms with Gasteiger partial charge in [-0.2, -0.15) is 0 Å². The van der Waals surface area contributed by atoms with E-state index in [0.29, 0.717) is 0 Å². The monoisotopic (exact) mass is 488 g/mol. The van der Waals surface area contributed by atoms with E-state index in [4.69, 9.17) is 26.9 Å². The summed E-state index contributed by atoms with van der Waals surface area (Å²) < 4.78 is 60.7. The van der Waals surface area contributed by atoms with Crippen LogP contribution in [-0.4, -0.2) is 43.1 Å². The maximum absolute atomic E-state index is 13.5. The first-order valence-corrected chi connectivity index (χ1v) is 19.7. The fourth-order valence-corrected chi connectivity index (χ4v) is 8.30. The molecule has 0 spiro atoms. The van der Waals surface area contributed by atoms with Crippen molar-refractivity contribution in [3.8, 4) is 0 Å². The van der Waals surface area contributed by atoms with Gasteiger partial charge in [-0.3, -0.25) is 9.13 Å². The second-order valence-electron chi connectivity index (χ2n) is 7.83. The molecule has 0 aliphatic carbocycles. The van der Waals surface area contributed by atoms with Gasteiger partial charge in [0.15, 0.2) is 0 Å². The first kappa shape index (κ1) is 28.9. The second-order valence-corrected chi connectivity index (χ2v) is 20.5. The maximum Gasteiger partial charge on any atom is 0.402 e. The summed E-state index contributed by atoms with van der Waals surface area (Å²) in [6.45, 7) is 18.8. The van der Waals surface area contributed by atoms with Crippen LogP contribution >= 0.6 is 15.2 Å². The molecule has 0 unspecified atom stereocenters. The molecular weight excluding hydrogens is 450 g/mol. The van der Waals surface area contributed by atoms with Crippen LogP contribution in [0.15, 0.2) is 16.7 Å². The molecule has 0 aromatic carbocycles. The van der Waals surface area contributed by atoms with Crippen molar-refractivity contribution in [2.24, 2.45) is 0 Å². The minimum atomic E-state index is -3.85. The lowest BCUT2D eigenvalue weighted by Gasteiger charge is -2.27. The Hall–Kier alpha value is -0.146. The first-order chi connectivity index (χ1) is 13.2. The fraction of sp³-hybridized carbons (Fsp3) is 0.824. The summed E-state index contributed by atoms with van der Waals surface area (Å²) >= 11 is 0. The quantitative estimate of drug-likeness (QED) is 0.118. The van der Waals surface area contributed by atoms with Gasteiger partial charge in [-0.05, 0) is 72.7 Å². The van der Waals surface area contributed by atoms with Gasteiger partial charge in [-0.25, -0.2) is 0 Å². The van der Waals surface area contributed by atoms with Crippen molar-refractivity contribution in [1.29, 1.82) is 0 Å². The molecule has 0 amide bonds. The van der Waals surface area contributed by atoms with Gasteiger partial charge in [-0.15, -0.1) is 0 Å². The predicted octanol–water partition coefficient (Wildman–Crippen LogP) is 6.50. The summed E-state index contributed by atoms with van der Waals surface area (Å²) in [5.74, 6) is 0. The Morgan fingerprint density at radius 1 is 0.621 bits per heavy atom. The van der Waals surface area contributed by atoms with E-state index in [9.17, 15) is 9.13 Å². The summed E-state index contributed by atoms with van der Waals surface area (Å²) in [7, 11) is -12.2. The third-order valence-corrected chi connectivity index (χ3v) is 8.48.